The van der Waals surface area contributed by atoms with Crippen LogP contribution in [0, 0.1) is 23.9 Å². The summed E-state index contributed by atoms with van der Waals surface area (Å²) < 4.78 is 0. The Balaban J connectivity index is 0.000000233. The molecule has 0 bridgehead atoms. The van der Waals surface area contributed by atoms with Crippen molar-refractivity contribution in [3.05, 3.63) is 145 Å². The third-order valence-corrected chi connectivity index (χ3v) is 13.1. The van der Waals surface area contributed by atoms with Gasteiger partial charge in [0, 0.05) is 0 Å². The van der Waals surface area contributed by atoms with E-state index in [2.05, 4.69) is 178 Å². The molecule has 0 heterocycles. The zero-order valence-corrected chi connectivity index (χ0v) is 48.2. The molecule has 0 N–H and O–H groups in total. The average molecular weight is 1100 g/mol. The summed E-state index contributed by atoms with van der Waals surface area (Å²) in [6, 6.07) is 41.7. The Hall–Kier alpha value is -0.757. The van der Waals surface area contributed by atoms with E-state index < -0.39 is 41.7 Å². The number of hydrogen-bond acceptors (Lipinski definition) is 0. The molecule has 0 spiro atoms. The van der Waals surface area contributed by atoms with Crippen LogP contribution in [-0.4, -0.2) is 9.52 Å². The molecule has 2 saturated carbocycles. The van der Waals surface area contributed by atoms with E-state index in [1.165, 1.54) is 143 Å². The number of benzene rings is 4. The molecule has 0 nitrogen and oxygen atoms in total. The van der Waals surface area contributed by atoms with Gasteiger partial charge in [0.1, 0.15) is 0 Å². The molecule has 0 aliphatic heterocycles. The maximum absolute atomic E-state index is 4.93. The van der Waals surface area contributed by atoms with Crippen molar-refractivity contribution in [2.24, 2.45) is 10.8 Å². The van der Waals surface area contributed by atoms with E-state index in [0.717, 1.165) is 0 Å². The van der Waals surface area contributed by atoms with E-state index in [0.29, 0.717) is 20.3 Å². The molecule has 7 heteroatoms. The first-order valence-corrected chi connectivity index (χ1v) is 36.8. The van der Waals surface area contributed by atoms with Crippen molar-refractivity contribution in [1.29, 1.82) is 0 Å². The van der Waals surface area contributed by atoms with Gasteiger partial charge in [0.05, 0.1) is 0 Å². The first-order chi connectivity index (χ1) is 29.9. The number of rotatable bonds is 6. The van der Waals surface area contributed by atoms with Gasteiger partial charge in [0.2, 0.25) is 0 Å². The standard InChI is InChI=1S/2C27H33.C2H4Si.4ClH.2Zr/c2*1-26(2,3)23-13-11-21(12-14-23)24-10-8-9-22-17-20(18-25(22)24)19-27(4)15-6-5-7-16-27;1-3-2;;;;;;/h2*8-14,17-18H,5-7,15-16,19H2,1-4H3;1-2H2;4*1H;;/q2*-1;-2;;;;;2*+4/p-4. The Morgan fingerprint density at radius 2 is 0.825 bits per heavy atom. The maximum atomic E-state index is 4.93. The number of halogens is 4. The summed E-state index contributed by atoms with van der Waals surface area (Å²) in [5, 5.41) is 5.61. The quantitative estimate of drug-likeness (QED) is 0.115. The topological polar surface area (TPSA) is 0 Å². The van der Waals surface area contributed by atoms with E-state index in [-0.39, 0.29) is 10.8 Å². The van der Waals surface area contributed by atoms with Gasteiger partial charge < -0.3 is 22.6 Å². The fourth-order valence-electron chi connectivity index (χ4n) is 9.75. The van der Waals surface area contributed by atoms with Crippen LogP contribution in [0.15, 0.2) is 109 Å². The Kier molecular flexibility index (Phi) is 22.7. The minimum absolute atomic E-state index is 0.202. The molecule has 0 unspecified atom stereocenters. The molecule has 2 aliphatic carbocycles. The Labute approximate surface area is 423 Å². The van der Waals surface area contributed by atoms with Gasteiger partial charge in [0.15, 0.2) is 0 Å². The van der Waals surface area contributed by atoms with Gasteiger partial charge in [-0.1, -0.05) is 166 Å². The SMILES string of the molecule is CC1(Cc2cc3c(-c4ccc(C(C)(C)C)cc4)cccc3[cH-]2)CCCCC1.CC1(Cc2cc3c(-c4ccc(C(C)(C)C)cc4)cccc3[cH-]2)CCCCC1.[CH2-][Si][CH2-].[Cl][Zr+2][Cl].[Cl][Zr+2][Cl]. The molecule has 2 fully saturated rings. The van der Waals surface area contributed by atoms with Gasteiger partial charge in [-0.15, -0.1) is 69.1 Å². The van der Waals surface area contributed by atoms with Gasteiger partial charge in [-0.3, -0.25) is 0 Å². The van der Waals surface area contributed by atoms with Crippen LogP contribution in [0.5, 0.6) is 0 Å². The molecule has 2 radical (unpaired) electrons. The monoisotopic (exact) mass is 1090 g/mol. The summed E-state index contributed by atoms with van der Waals surface area (Å²) in [5.74, 6) is 0. The third-order valence-electron chi connectivity index (χ3n) is 13.1. The molecule has 0 amide bonds. The van der Waals surface area contributed by atoms with E-state index in [1.807, 2.05) is 0 Å². The molecule has 8 rings (SSSR count). The van der Waals surface area contributed by atoms with Crippen LogP contribution in [-0.2, 0) is 65.4 Å². The Morgan fingerprint density at radius 3 is 1.11 bits per heavy atom. The van der Waals surface area contributed by atoms with E-state index in [4.69, 9.17) is 34.1 Å². The van der Waals surface area contributed by atoms with Crippen molar-refractivity contribution in [3.63, 3.8) is 0 Å². The predicted octanol–water partition coefficient (Wildman–Crippen LogP) is 19.1. The molecule has 2 aliphatic rings. The van der Waals surface area contributed by atoms with Crippen molar-refractivity contribution < 1.29 is 41.7 Å². The second-order valence-corrected chi connectivity index (χ2v) is 28.5. The van der Waals surface area contributed by atoms with Crippen LogP contribution < -0.4 is 0 Å². The normalized spacial score (nSPS) is 15.5. The average Bonchev–Trinajstić information content (AvgIpc) is 3.84. The second kappa shape index (κ2) is 26.1. The fraction of sp³-hybridized carbons (Fsp3) is 0.429. The molecule has 0 atom stereocenters. The summed E-state index contributed by atoms with van der Waals surface area (Å²) in [5.41, 5.74) is 12.6. The molecule has 63 heavy (non-hydrogen) atoms. The van der Waals surface area contributed by atoms with Crippen LogP contribution in [0.3, 0.4) is 0 Å². The van der Waals surface area contributed by atoms with Crippen molar-refractivity contribution in [2.75, 3.05) is 0 Å². The molecular weight excluding hydrogens is 1020 g/mol. The molecule has 0 aromatic heterocycles. The predicted molar refractivity (Wildman–Crippen MR) is 277 cm³/mol. The van der Waals surface area contributed by atoms with Gasteiger partial charge in [-0.2, -0.15) is 12.1 Å². The van der Waals surface area contributed by atoms with Crippen LogP contribution in [0.2, 0.25) is 0 Å². The van der Waals surface area contributed by atoms with Gasteiger partial charge in [0.25, 0.3) is 0 Å². The van der Waals surface area contributed by atoms with E-state index in [9.17, 15) is 0 Å². The van der Waals surface area contributed by atoms with Crippen molar-refractivity contribution in [3.8, 4) is 22.3 Å². The molecule has 334 valence electrons. The van der Waals surface area contributed by atoms with Gasteiger partial charge in [-0.25, -0.2) is 0 Å². The van der Waals surface area contributed by atoms with Crippen LogP contribution in [0.25, 0.3) is 43.8 Å². The van der Waals surface area contributed by atoms with Crippen LogP contribution in [0.1, 0.15) is 142 Å². The zero-order chi connectivity index (χ0) is 46.3. The second-order valence-electron chi connectivity index (χ2n) is 20.5. The van der Waals surface area contributed by atoms with Crippen molar-refractivity contribution in [2.45, 2.75) is 143 Å². The zero-order valence-electron chi connectivity index (χ0n) is 39.3. The number of hydrogen-bond donors (Lipinski definition) is 0. The summed E-state index contributed by atoms with van der Waals surface area (Å²) in [6.07, 6.45) is 16.5. The molecule has 0 saturated heterocycles. The van der Waals surface area contributed by atoms with Gasteiger partial charge >= 0.3 is 75.7 Å². The van der Waals surface area contributed by atoms with Crippen molar-refractivity contribution in [1.82, 2.24) is 0 Å². The first kappa shape index (κ1) is 54.8. The summed E-state index contributed by atoms with van der Waals surface area (Å²) in [4.78, 5) is 0. The third kappa shape index (κ3) is 16.8. The van der Waals surface area contributed by atoms with Gasteiger partial charge in [-0.05, 0) is 82.4 Å². The Morgan fingerprint density at radius 1 is 0.524 bits per heavy atom. The Bertz CT molecular complexity index is 2060. The fourth-order valence-corrected chi connectivity index (χ4v) is 9.75. The summed E-state index contributed by atoms with van der Waals surface area (Å²) in [7, 11) is 20.3. The van der Waals surface area contributed by atoms with Crippen LogP contribution in [0.4, 0.5) is 0 Å². The molecule has 6 aromatic rings. The van der Waals surface area contributed by atoms with E-state index >= 15 is 0 Å². The van der Waals surface area contributed by atoms with E-state index in [1.54, 1.807) is 0 Å². The minimum atomic E-state index is -0.826. The first-order valence-electron chi connectivity index (χ1n) is 22.7. The molecular formula is C56H70Cl4SiZr2. The number of fused-ring (bicyclic) bond motifs is 2. The van der Waals surface area contributed by atoms with Crippen molar-refractivity contribution >= 4 is 65.1 Å². The molecule has 6 aromatic carbocycles. The van der Waals surface area contributed by atoms with Crippen LogP contribution >= 0.6 is 34.1 Å². The summed E-state index contributed by atoms with van der Waals surface area (Å²) in [6.45, 7) is 25.5. The summed E-state index contributed by atoms with van der Waals surface area (Å²) >= 11 is -1.65.